The van der Waals surface area contributed by atoms with Gasteiger partial charge in [0.2, 0.25) is 0 Å². The van der Waals surface area contributed by atoms with Crippen molar-refractivity contribution in [3.05, 3.63) is 71.8 Å². The zero-order valence-corrected chi connectivity index (χ0v) is 18.2. The molecule has 0 spiro atoms. The van der Waals surface area contributed by atoms with Crippen LogP contribution in [-0.4, -0.2) is 60.1 Å². The molecule has 1 amide bonds. The van der Waals surface area contributed by atoms with Gasteiger partial charge < -0.3 is 14.9 Å². The number of hydrogen-bond acceptors (Lipinski definition) is 3. The number of likely N-dealkylation sites (tertiary alicyclic amines) is 1. The number of carbonyl (C=O) groups excluding carboxylic acids is 1. The predicted molar refractivity (Wildman–Crippen MR) is 123 cm³/mol. The highest BCUT2D eigenvalue weighted by Crippen LogP contribution is 2.31. The van der Waals surface area contributed by atoms with Gasteiger partial charge in [0, 0.05) is 18.7 Å². The highest BCUT2D eigenvalue weighted by molar-refractivity contribution is 6.02. The maximum Gasteiger partial charge on any atom is 0.254 e. The van der Waals surface area contributed by atoms with E-state index in [1.165, 1.54) is 16.7 Å². The second kappa shape index (κ2) is 8.21. The molecule has 1 saturated heterocycles. The maximum atomic E-state index is 13.1. The molecule has 1 aliphatic rings. The number of aliphatic hydroxyl groups excluding tert-OH is 1. The molecule has 3 aromatic carbocycles. The van der Waals surface area contributed by atoms with Crippen molar-refractivity contribution in [2.75, 3.05) is 27.2 Å². The number of nitrogens with zero attached hydrogens (tertiary/aromatic N) is 2. The van der Waals surface area contributed by atoms with Crippen LogP contribution in [0.4, 0.5) is 0 Å². The third kappa shape index (κ3) is 3.85. The van der Waals surface area contributed by atoms with Gasteiger partial charge in [-0.1, -0.05) is 62.4 Å². The van der Waals surface area contributed by atoms with Crippen LogP contribution < -0.4 is 0 Å². The van der Waals surface area contributed by atoms with Crippen molar-refractivity contribution in [2.45, 2.75) is 31.9 Å². The molecule has 1 fully saturated rings. The zero-order valence-electron chi connectivity index (χ0n) is 18.2. The molecule has 4 heteroatoms. The van der Waals surface area contributed by atoms with Gasteiger partial charge in [-0.2, -0.15) is 0 Å². The third-order valence-electron chi connectivity index (χ3n) is 6.23. The van der Waals surface area contributed by atoms with Crippen molar-refractivity contribution < 1.29 is 9.90 Å². The summed E-state index contributed by atoms with van der Waals surface area (Å²) in [4.78, 5) is 16.8. The number of hydrogen-bond donors (Lipinski definition) is 1. The first-order valence-electron chi connectivity index (χ1n) is 10.6. The molecule has 0 radical (unpaired) electrons. The second-order valence-electron chi connectivity index (χ2n) is 8.83. The van der Waals surface area contributed by atoms with Crippen molar-refractivity contribution >= 4 is 16.7 Å². The molecule has 0 bridgehead atoms. The lowest BCUT2D eigenvalue weighted by molar-refractivity contribution is 0.0764. The Kier molecular flexibility index (Phi) is 5.63. The Morgan fingerprint density at radius 1 is 1.03 bits per heavy atom. The van der Waals surface area contributed by atoms with Crippen LogP contribution in [0.25, 0.3) is 21.9 Å². The molecule has 0 aromatic heterocycles. The minimum absolute atomic E-state index is 0.0187. The lowest BCUT2D eigenvalue weighted by atomic mass is 9.94. The standard InChI is InChI=1S/C26H30N2O2/c1-17(2)18-8-10-19(11-9-18)22-7-5-6-20-14-21(12-13-23(20)22)26(30)28-15-24(27(3)4)25(29)16-28/h5-14,17,24-25,29H,15-16H2,1-4H3/t24-,25-/m0/s1. The first-order chi connectivity index (χ1) is 14.3. The van der Waals surface area contributed by atoms with E-state index in [-0.39, 0.29) is 11.9 Å². The molecular formula is C26H30N2O2. The molecular weight excluding hydrogens is 372 g/mol. The highest BCUT2D eigenvalue weighted by Gasteiger charge is 2.35. The predicted octanol–water partition coefficient (Wildman–Crippen LogP) is 4.38. The van der Waals surface area contributed by atoms with Crippen molar-refractivity contribution in [3.8, 4) is 11.1 Å². The van der Waals surface area contributed by atoms with Crippen LogP contribution in [0.3, 0.4) is 0 Å². The second-order valence-corrected chi connectivity index (χ2v) is 8.83. The molecule has 2 atom stereocenters. The van der Waals surface area contributed by atoms with Crippen LogP contribution in [-0.2, 0) is 0 Å². The summed E-state index contributed by atoms with van der Waals surface area (Å²) >= 11 is 0. The molecule has 0 saturated carbocycles. The summed E-state index contributed by atoms with van der Waals surface area (Å²) in [6.07, 6.45) is -0.509. The fourth-order valence-electron chi connectivity index (χ4n) is 4.34. The number of fused-ring (bicyclic) bond motifs is 1. The topological polar surface area (TPSA) is 43.8 Å². The van der Waals surface area contributed by atoms with Crippen LogP contribution in [0.2, 0.25) is 0 Å². The van der Waals surface area contributed by atoms with Gasteiger partial charge in [-0.15, -0.1) is 0 Å². The number of rotatable bonds is 4. The summed E-state index contributed by atoms with van der Waals surface area (Å²) in [5.41, 5.74) is 4.35. The van der Waals surface area contributed by atoms with E-state index in [1.54, 1.807) is 4.90 Å². The van der Waals surface area contributed by atoms with Crippen LogP contribution in [0.1, 0.15) is 35.7 Å². The maximum absolute atomic E-state index is 13.1. The number of benzene rings is 3. The molecule has 4 nitrogen and oxygen atoms in total. The minimum Gasteiger partial charge on any atom is -0.390 e. The zero-order chi connectivity index (χ0) is 21.4. The monoisotopic (exact) mass is 402 g/mol. The molecule has 30 heavy (non-hydrogen) atoms. The third-order valence-corrected chi connectivity index (χ3v) is 6.23. The lowest BCUT2D eigenvalue weighted by Crippen LogP contribution is -2.38. The number of likely N-dealkylation sites (N-methyl/N-ethyl adjacent to an activating group) is 1. The van der Waals surface area contributed by atoms with Gasteiger partial charge in [0.1, 0.15) is 0 Å². The molecule has 1 N–H and O–H groups in total. The Hall–Kier alpha value is -2.69. The highest BCUT2D eigenvalue weighted by atomic mass is 16.3. The van der Waals surface area contributed by atoms with E-state index in [0.717, 1.165) is 10.8 Å². The summed E-state index contributed by atoms with van der Waals surface area (Å²) < 4.78 is 0. The van der Waals surface area contributed by atoms with Crippen LogP contribution in [0, 0.1) is 0 Å². The minimum atomic E-state index is -0.509. The summed E-state index contributed by atoms with van der Waals surface area (Å²) in [6, 6.07) is 20.9. The quantitative estimate of drug-likeness (QED) is 0.704. The van der Waals surface area contributed by atoms with Gasteiger partial charge in [0.25, 0.3) is 5.91 Å². The summed E-state index contributed by atoms with van der Waals surface area (Å²) in [5.74, 6) is 0.489. The average Bonchev–Trinajstić information content (AvgIpc) is 3.14. The SMILES string of the molecule is CC(C)c1ccc(-c2cccc3cc(C(=O)N4C[C@H](O)[C@@H](N(C)C)C4)ccc23)cc1. The smallest absolute Gasteiger partial charge is 0.254 e. The molecule has 1 heterocycles. The normalized spacial score (nSPS) is 19.2. The number of carbonyl (C=O) groups is 1. The Bertz CT molecular complexity index is 1060. The Balaban J connectivity index is 1.64. The van der Waals surface area contributed by atoms with E-state index in [2.05, 4.69) is 50.2 Å². The summed E-state index contributed by atoms with van der Waals surface area (Å²) in [7, 11) is 3.88. The summed E-state index contributed by atoms with van der Waals surface area (Å²) in [6.45, 7) is 5.33. The van der Waals surface area contributed by atoms with Crippen LogP contribution in [0.15, 0.2) is 60.7 Å². The summed E-state index contributed by atoms with van der Waals surface area (Å²) in [5, 5.41) is 12.5. The fourth-order valence-corrected chi connectivity index (χ4v) is 4.34. The van der Waals surface area contributed by atoms with Crippen molar-refractivity contribution in [1.82, 2.24) is 9.80 Å². The van der Waals surface area contributed by atoms with E-state index in [1.807, 2.05) is 43.3 Å². The molecule has 0 unspecified atom stereocenters. The lowest BCUT2D eigenvalue weighted by Gasteiger charge is -2.21. The fraction of sp³-hybridized carbons (Fsp3) is 0.346. The van der Waals surface area contributed by atoms with Gasteiger partial charge in [-0.3, -0.25) is 4.79 Å². The molecule has 1 aliphatic heterocycles. The van der Waals surface area contributed by atoms with Gasteiger partial charge >= 0.3 is 0 Å². The molecule has 0 aliphatic carbocycles. The van der Waals surface area contributed by atoms with E-state index < -0.39 is 6.10 Å². The van der Waals surface area contributed by atoms with Gasteiger partial charge in [0.15, 0.2) is 0 Å². The van der Waals surface area contributed by atoms with Crippen molar-refractivity contribution in [2.24, 2.45) is 0 Å². The largest absolute Gasteiger partial charge is 0.390 e. The Morgan fingerprint density at radius 3 is 2.40 bits per heavy atom. The molecule has 4 rings (SSSR count). The Morgan fingerprint density at radius 2 is 1.77 bits per heavy atom. The van der Waals surface area contributed by atoms with E-state index >= 15 is 0 Å². The molecule has 3 aromatic rings. The van der Waals surface area contributed by atoms with Gasteiger partial charge in [-0.05, 0) is 59.6 Å². The first-order valence-corrected chi connectivity index (χ1v) is 10.6. The number of β-amino-alcohol motifs (C(OH)–C–C–N with tert-alkyl or cyclic N) is 1. The van der Waals surface area contributed by atoms with Gasteiger partial charge in [-0.25, -0.2) is 0 Å². The molecule has 156 valence electrons. The van der Waals surface area contributed by atoms with Crippen molar-refractivity contribution in [3.63, 3.8) is 0 Å². The van der Waals surface area contributed by atoms with Gasteiger partial charge in [0.05, 0.1) is 12.1 Å². The van der Waals surface area contributed by atoms with Crippen molar-refractivity contribution in [1.29, 1.82) is 0 Å². The van der Waals surface area contributed by atoms with E-state index in [0.29, 0.717) is 24.6 Å². The first kappa shape index (κ1) is 20.6. The van der Waals surface area contributed by atoms with E-state index in [9.17, 15) is 9.90 Å². The number of aliphatic hydroxyl groups is 1. The van der Waals surface area contributed by atoms with E-state index in [4.69, 9.17) is 0 Å². The number of amides is 1. The Labute approximate surface area is 178 Å². The van der Waals surface area contributed by atoms with Crippen LogP contribution in [0.5, 0.6) is 0 Å². The average molecular weight is 403 g/mol. The van der Waals surface area contributed by atoms with Crippen LogP contribution >= 0.6 is 0 Å².